The second kappa shape index (κ2) is 3.79. The van der Waals surface area contributed by atoms with Crippen LogP contribution in [-0.4, -0.2) is 20.2 Å². The van der Waals surface area contributed by atoms with Gasteiger partial charge >= 0.3 is 0 Å². The fourth-order valence-corrected chi connectivity index (χ4v) is 4.26. The first-order valence-corrected chi connectivity index (χ1v) is 7.17. The predicted octanol–water partition coefficient (Wildman–Crippen LogP) is 2.43. The molecule has 1 aromatic rings. The number of anilines is 1. The Kier molecular flexibility index (Phi) is 2.77. The van der Waals surface area contributed by atoms with Crippen molar-refractivity contribution in [3.05, 3.63) is 22.7 Å². The minimum Gasteiger partial charge on any atom is -0.382 e. The van der Waals surface area contributed by atoms with Crippen molar-refractivity contribution in [3.63, 3.8) is 0 Å². The van der Waals surface area contributed by atoms with E-state index < -0.39 is 9.84 Å². The fourth-order valence-electron chi connectivity index (χ4n) is 1.78. The third-order valence-corrected chi connectivity index (χ3v) is 5.67. The van der Waals surface area contributed by atoms with Crippen molar-refractivity contribution < 1.29 is 8.42 Å². The van der Waals surface area contributed by atoms with Crippen LogP contribution in [0.3, 0.4) is 0 Å². The zero-order valence-corrected chi connectivity index (χ0v) is 10.7. The van der Waals surface area contributed by atoms with Gasteiger partial charge < -0.3 is 5.32 Å². The lowest BCUT2D eigenvalue weighted by molar-refractivity contribution is 0.574. The largest absolute Gasteiger partial charge is 0.382 e. The van der Waals surface area contributed by atoms with E-state index in [1.165, 1.54) is 0 Å². The molecule has 1 aromatic carbocycles. The lowest BCUT2D eigenvalue weighted by atomic mass is 10.2. The molecule has 2 rings (SSSR count). The van der Waals surface area contributed by atoms with Crippen LogP contribution >= 0.6 is 15.9 Å². The molecule has 1 aliphatic rings. The summed E-state index contributed by atoms with van der Waals surface area (Å²) in [4.78, 5) is 0.412. The predicted molar refractivity (Wildman–Crippen MR) is 63.9 cm³/mol. The van der Waals surface area contributed by atoms with Crippen molar-refractivity contribution >= 4 is 31.5 Å². The molecule has 0 saturated heterocycles. The molecular weight excluding hydrogens is 278 g/mol. The minimum atomic E-state index is -3.15. The van der Waals surface area contributed by atoms with E-state index in [-0.39, 0.29) is 5.25 Å². The quantitative estimate of drug-likeness (QED) is 0.864. The van der Waals surface area contributed by atoms with Gasteiger partial charge in [-0.2, -0.15) is 0 Å². The molecule has 0 amide bonds. The van der Waals surface area contributed by atoms with Crippen LogP contribution in [0.25, 0.3) is 0 Å². The maximum atomic E-state index is 12.1. The van der Waals surface area contributed by atoms with Crippen LogP contribution in [0.15, 0.2) is 27.6 Å². The number of hydrogen-bond acceptors (Lipinski definition) is 3. The van der Waals surface area contributed by atoms with E-state index in [1.807, 2.05) is 13.0 Å². The van der Waals surface area contributed by atoms with Crippen molar-refractivity contribution in [2.75, 3.05) is 11.9 Å². The monoisotopic (exact) mass is 289 g/mol. The highest BCUT2D eigenvalue weighted by Gasteiger charge is 2.33. The van der Waals surface area contributed by atoms with E-state index >= 15 is 0 Å². The molecule has 3 nitrogen and oxygen atoms in total. The van der Waals surface area contributed by atoms with Crippen LogP contribution in [0.4, 0.5) is 5.69 Å². The lowest BCUT2D eigenvalue weighted by Crippen LogP contribution is -2.33. The van der Waals surface area contributed by atoms with Crippen molar-refractivity contribution in [1.29, 1.82) is 0 Å². The summed E-state index contributed by atoms with van der Waals surface area (Å²) in [6.45, 7) is 2.39. The second-order valence-electron chi connectivity index (χ2n) is 3.57. The molecule has 5 heteroatoms. The van der Waals surface area contributed by atoms with Gasteiger partial charge in [-0.1, -0.05) is 13.0 Å². The number of nitrogens with one attached hydrogen (secondary N) is 1. The number of halogens is 1. The molecule has 1 unspecified atom stereocenters. The van der Waals surface area contributed by atoms with Gasteiger partial charge in [0.1, 0.15) is 0 Å². The average molecular weight is 290 g/mol. The van der Waals surface area contributed by atoms with Crippen LogP contribution in [0.1, 0.15) is 13.3 Å². The number of rotatable bonds is 1. The average Bonchev–Trinajstić information content (AvgIpc) is 2.19. The van der Waals surface area contributed by atoms with Gasteiger partial charge in [-0.3, -0.25) is 0 Å². The highest BCUT2D eigenvalue weighted by Crippen LogP contribution is 2.35. The first-order chi connectivity index (χ1) is 7.07. The number of para-hydroxylation sites is 1. The summed E-state index contributed by atoms with van der Waals surface area (Å²) in [6.07, 6.45) is 0.640. The van der Waals surface area contributed by atoms with Crippen LogP contribution in [0.2, 0.25) is 0 Å². The molecule has 0 bridgehead atoms. The number of fused-ring (bicyclic) bond motifs is 1. The van der Waals surface area contributed by atoms with Gasteiger partial charge in [-0.15, -0.1) is 0 Å². The van der Waals surface area contributed by atoms with Crippen LogP contribution < -0.4 is 5.32 Å². The standard InChI is InChI=1S/C10H12BrNO2S/c1-2-7-6-12-10-8(11)4-3-5-9(10)15(7,13)14/h3-5,7,12H,2,6H2,1H3. The highest BCUT2D eigenvalue weighted by molar-refractivity contribution is 9.10. The molecule has 1 N–H and O–H groups in total. The first kappa shape index (κ1) is 11.0. The Hall–Kier alpha value is -0.550. The van der Waals surface area contributed by atoms with E-state index in [0.29, 0.717) is 23.5 Å². The topological polar surface area (TPSA) is 46.2 Å². The van der Waals surface area contributed by atoms with Crippen molar-refractivity contribution in [3.8, 4) is 0 Å². The number of benzene rings is 1. The van der Waals surface area contributed by atoms with Crippen molar-refractivity contribution in [2.45, 2.75) is 23.5 Å². The zero-order valence-electron chi connectivity index (χ0n) is 8.33. The van der Waals surface area contributed by atoms with Crippen LogP contribution in [0, 0.1) is 0 Å². The van der Waals surface area contributed by atoms with Crippen LogP contribution in [0.5, 0.6) is 0 Å². The molecule has 1 aliphatic heterocycles. The van der Waals surface area contributed by atoms with Gasteiger partial charge in [0.2, 0.25) is 0 Å². The maximum absolute atomic E-state index is 12.1. The highest BCUT2D eigenvalue weighted by atomic mass is 79.9. The van der Waals surface area contributed by atoms with E-state index in [9.17, 15) is 8.42 Å². The van der Waals surface area contributed by atoms with E-state index in [2.05, 4.69) is 21.2 Å². The summed E-state index contributed by atoms with van der Waals surface area (Å²) in [6, 6.07) is 5.25. The van der Waals surface area contributed by atoms with E-state index in [0.717, 1.165) is 4.47 Å². The molecular formula is C10H12BrNO2S. The Morgan fingerprint density at radius 2 is 2.27 bits per heavy atom. The van der Waals surface area contributed by atoms with Gasteiger partial charge in [0, 0.05) is 11.0 Å². The van der Waals surface area contributed by atoms with Gasteiger partial charge in [0.25, 0.3) is 0 Å². The summed E-state index contributed by atoms with van der Waals surface area (Å²) in [5.41, 5.74) is 0.696. The van der Waals surface area contributed by atoms with E-state index in [1.54, 1.807) is 12.1 Å². The zero-order chi connectivity index (χ0) is 11.1. The first-order valence-electron chi connectivity index (χ1n) is 4.83. The summed E-state index contributed by atoms with van der Waals surface area (Å²) in [5.74, 6) is 0. The fraction of sp³-hybridized carbons (Fsp3) is 0.400. The molecule has 82 valence electrons. The Bertz CT molecular complexity index is 484. The Morgan fingerprint density at radius 1 is 1.53 bits per heavy atom. The summed E-state index contributed by atoms with van der Waals surface area (Å²) in [5, 5.41) is 2.86. The molecule has 15 heavy (non-hydrogen) atoms. The Morgan fingerprint density at radius 3 is 2.93 bits per heavy atom. The second-order valence-corrected chi connectivity index (χ2v) is 6.62. The normalized spacial score (nSPS) is 22.9. The summed E-state index contributed by atoms with van der Waals surface area (Å²) >= 11 is 3.35. The maximum Gasteiger partial charge on any atom is 0.185 e. The SMILES string of the molecule is CCC1CNc2c(Br)cccc2S1(=O)=O. The molecule has 0 aromatic heterocycles. The molecule has 0 spiro atoms. The Labute approximate surface area is 97.9 Å². The molecule has 1 heterocycles. The number of sulfone groups is 1. The lowest BCUT2D eigenvalue weighted by Gasteiger charge is -2.26. The van der Waals surface area contributed by atoms with E-state index in [4.69, 9.17) is 0 Å². The number of hydrogen-bond donors (Lipinski definition) is 1. The van der Waals surface area contributed by atoms with Gasteiger partial charge in [-0.05, 0) is 34.5 Å². The summed E-state index contributed by atoms with van der Waals surface area (Å²) < 4.78 is 25.1. The van der Waals surface area contributed by atoms with Crippen LogP contribution in [-0.2, 0) is 9.84 Å². The minimum absolute atomic E-state index is 0.306. The van der Waals surface area contributed by atoms with Gasteiger partial charge in [0.15, 0.2) is 9.84 Å². The van der Waals surface area contributed by atoms with Gasteiger partial charge in [-0.25, -0.2) is 8.42 Å². The Balaban J connectivity index is 2.63. The van der Waals surface area contributed by atoms with Crippen molar-refractivity contribution in [1.82, 2.24) is 0 Å². The molecule has 0 radical (unpaired) electrons. The molecule has 0 saturated carbocycles. The third kappa shape index (κ3) is 1.67. The van der Waals surface area contributed by atoms with Crippen molar-refractivity contribution in [2.24, 2.45) is 0 Å². The molecule has 0 fully saturated rings. The summed E-state index contributed by atoms with van der Waals surface area (Å²) in [7, 11) is -3.15. The third-order valence-electron chi connectivity index (χ3n) is 2.68. The molecule has 0 aliphatic carbocycles. The smallest absolute Gasteiger partial charge is 0.185 e. The molecule has 1 atom stereocenters. The van der Waals surface area contributed by atoms with Gasteiger partial charge in [0.05, 0.1) is 15.8 Å².